The zero-order chi connectivity index (χ0) is 19.1. The van der Waals surface area contributed by atoms with E-state index in [4.69, 9.17) is 29.9 Å². The van der Waals surface area contributed by atoms with Gasteiger partial charge in [-0.2, -0.15) is 13.2 Å². The average molecular weight is 360 g/mol. The van der Waals surface area contributed by atoms with E-state index in [1.807, 2.05) is 0 Å². The fourth-order valence-electron chi connectivity index (χ4n) is 3.57. The third-order valence-corrected chi connectivity index (χ3v) is 4.59. The number of rotatable bonds is 7. The number of aliphatic hydroxyl groups excluding tert-OH is 1. The van der Waals surface area contributed by atoms with Crippen molar-refractivity contribution in [3.8, 4) is 0 Å². The largest absolute Gasteiger partial charge is 0.411 e. The molecule has 1 N–H and O–H groups in total. The normalized spacial score (nSPS) is 35.7. The van der Waals surface area contributed by atoms with Crippen molar-refractivity contribution in [1.82, 2.24) is 0 Å². The van der Waals surface area contributed by atoms with Crippen molar-refractivity contribution in [1.29, 1.82) is 0 Å². The third-order valence-electron chi connectivity index (χ3n) is 4.59. The van der Waals surface area contributed by atoms with Crippen LogP contribution in [0.1, 0.15) is 13.8 Å². The molecule has 1 heterocycles. The molecule has 25 heavy (non-hydrogen) atoms. The van der Waals surface area contributed by atoms with Gasteiger partial charge in [-0.15, -0.1) is 0 Å². The van der Waals surface area contributed by atoms with E-state index < -0.39 is 41.5 Å². The molecule has 0 aromatic carbocycles. The molecule has 1 aliphatic carbocycles. The minimum absolute atomic E-state index is 0.0925. The summed E-state index contributed by atoms with van der Waals surface area (Å²) >= 11 is 0. The second-order valence-electron chi connectivity index (χ2n) is 6.90. The minimum Gasteiger partial charge on any atom is -0.387 e. The van der Waals surface area contributed by atoms with Crippen LogP contribution in [-0.4, -0.2) is 83.3 Å². The number of halogens is 3. The summed E-state index contributed by atoms with van der Waals surface area (Å²) in [5, 5.41) is 10.4. The highest BCUT2D eigenvalue weighted by molar-refractivity contribution is 6.25. The Labute approximate surface area is 147 Å². The number of alkyl halides is 3. The zero-order valence-electron chi connectivity index (χ0n) is 14.4. The first kappa shape index (κ1) is 20.8. The van der Waals surface area contributed by atoms with Gasteiger partial charge in [-0.25, -0.2) is 0 Å². The maximum Gasteiger partial charge on any atom is 0.411 e. The van der Waals surface area contributed by atoms with Crippen molar-refractivity contribution in [2.45, 2.75) is 42.8 Å². The molecule has 138 valence electrons. The summed E-state index contributed by atoms with van der Waals surface area (Å²) in [5.74, 6) is -0.651. The van der Waals surface area contributed by atoms with Crippen molar-refractivity contribution < 1.29 is 37.2 Å². The Morgan fingerprint density at radius 1 is 1.36 bits per heavy atom. The van der Waals surface area contributed by atoms with Crippen molar-refractivity contribution in [3.05, 3.63) is 11.5 Å². The number of aliphatic hydroxyl groups is 1. The summed E-state index contributed by atoms with van der Waals surface area (Å²) < 4.78 is 57.4. The van der Waals surface area contributed by atoms with Crippen LogP contribution in [0.3, 0.4) is 0 Å². The molecule has 1 spiro atoms. The van der Waals surface area contributed by atoms with Crippen molar-refractivity contribution >= 4 is 15.7 Å². The molecule has 0 aromatic rings. The summed E-state index contributed by atoms with van der Waals surface area (Å²) in [5.41, 5.74) is -3.28. The fraction of sp³-hybridized carbons (Fsp3) is 0.867. The van der Waals surface area contributed by atoms with Gasteiger partial charge < -0.3 is 24.1 Å². The van der Waals surface area contributed by atoms with Crippen LogP contribution in [0.2, 0.25) is 0 Å². The van der Waals surface area contributed by atoms with Gasteiger partial charge in [0.1, 0.15) is 27.9 Å². The van der Waals surface area contributed by atoms with Gasteiger partial charge in [0, 0.05) is 13.0 Å². The standard InChI is InChI=1S/C15H21B2F3O5/c1-12(2,24-5-4-23-8-14(18,19)20)11-13(7-25-13)6-9(16)10(21)15(11,17)22-3/h6,10-11,21H,4-5,7-8H2,1-3H3/t10-,11+,13-,15+/m0/s1. The molecule has 0 saturated carbocycles. The first-order chi connectivity index (χ1) is 11.4. The van der Waals surface area contributed by atoms with Crippen LogP contribution in [-0.2, 0) is 18.9 Å². The first-order valence-electron chi connectivity index (χ1n) is 7.81. The van der Waals surface area contributed by atoms with Gasteiger partial charge in [0.2, 0.25) is 0 Å². The van der Waals surface area contributed by atoms with E-state index in [0.717, 1.165) is 0 Å². The topological polar surface area (TPSA) is 60.5 Å². The van der Waals surface area contributed by atoms with Gasteiger partial charge >= 0.3 is 6.18 Å². The van der Waals surface area contributed by atoms with Gasteiger partial charge in [-0.05, 0) is 13.8 Å². The summed E-state index contributed by atoms with van der Waals surface area (Å²) in [4.78, 5) is 0. The van der Waals surface area contributed by atoms with E-state index in [9.17, 15) is 18.3 Å². The summed E-state index contributed by atoms with van der Waals surface area (Å²) in [7, 11) is 13.5. The summed E-state index contributed by atoms with van der Waals surface area (Å²) in [6, 6.07) is 0. The molecule has 1 fully saturated rings. The minimum atomic E-state index is -4.39. The Balaban J connectivity index is 2.08. The molecule has 0 bridgehead atoms. The second kappa shape index (κ2) is 6.88. The molecule has 1 saturated heterocycles. The highest BCUT2D eigenvalue weighted by Crippen LogP contribution is 2.53. The van der Waals surface area contributed by atoms with Gasteiger partial charge in [-0.1, -0.05) is 11.5 Å². The van der Waals surface area contributed by atoms with Crippen LogP contribution < -0.4 is 0 Å². The van der Waals surface area contributed by atoms with Crippen LogP contribution in [0.25, 0.3) is 0 Å². The van der Waals surface area contributed by atoms with Gasteiger partial charge in [-0.3, -0.25) is 0 Å². The van der Waals surface area contributed by atoms with E-state index in [0.29, 0.717) is 6.61 Å². The van der Waals surface area contributed by atoms with E-state index in [1.165, 1.54) is 7.11 Å². The van der Waals surface area contributed by atoms with Crippen LogP contribution in [0.4, 0.5) is 13.2 Å². The van der Waals surface area contributed by atoms with E-state index >= 15 is 0 Å². The number of ether oxygens (including phenoxy) is 4. The molecule has 4 atom stereocenters. The Morgan fingerprint density at radius 2 is 1.96 bits per heavy atom. The first-order valence-corrected chi connectivity index (χ1v) is 7.81. The average Bonchev–Trinajstić information content (AvgIpc) is 3.22. The molecule has 0 unspecified atom stereocenters. The lowest BCUT2D eigenvalue weighted by Gasteiger charge is -2.53. The van der Waals surface area contributed by atoms with Gasteiger partial charge in [0.05, 0.1) is 37.0 Å². The number of epoxide rings is 1. The maximum absolute atomic E-state index is 12.1. The SMILES string of the molecule is [B]C1=C[C@]2(CO2)[C@@H](C(C)(C)OCCOCC(F)(F)F)[C@]([B])(OC)[C@H]1O. The van der Waals surface area contributed by atoms with Gasteiger partial charge in [0.15, 0.2) is 0 Å². The Kier molecular flexibility index (Phi) is 5.72. The Morgan fingerprint density at radius 3 is 2.44 bits per heavy atom. The van der Waals surface area contributed by atoms with E-state index in [1.54, 1.807) is 19.9 Å². The second-order valence-corrected chi connectivity index (χ2v) is 6.90. The van der Waals surface area contributed by atoms with Crippen LogP contribution in [0.15, 0.2) is 11.5 Å². The molecular weight excluding hydrogens is 339 g/mol. The van der Waals surface area contributed by atoms with Crippen LogP contribution >= 0.6 is 0 Å². The maximum atomic E-state index is 12.1. The molecule has 2 aliphatic rings. The molecule has 4 radical (unpaired) electrons. The van der Waals surface area contributed by atoms with Crippen molar-refractivity contribution in [3.63, 3.8) is 0 Å². The van der Waals surface area contributed by atoms with Gasteiger partial charge in [0.25, 0.3) is 0 Å². The molecule has 10 heteroatoms. The Bertz CT molecular complexity index is 522. The predicted molar refractivity (Wildman–Crippen MR) is 84.4 cm³/mol. The Hall–Kier alpha value is -0.540. The lowest BCUT2D eigenvalue weighted by molar-refractivity contribution is -0.191. The molecule has 1 aliphatic heterocycles. The fourth-order valence-corrected chi connectivity index (χ4v) is 3.57. The smallest absolute Gasteiger partial charge is 0.387 e. The highest BCUT2D eigenvalue weighted by Gasteiger charge is 2.66. The molecule has 2 rings (SSSR count). The van der Waals surface area contributed by atoms with Crippen LogP contribution in [0, 0.1) is 5.92 Å². The molecular formula is C15H21B2F3O5. The molecule has 5 nitrogen and oxygen atoms in total. The number of hydrogen-bond acceptors (Lipinski definition) is 5. The monoisotopic (exact) mass is 360 g/mol. The quantitative estimate of drug-likeness (QED) is 0.411. The predicted octanol–water partition coefficient (Wildman–Crippen LogP) is 0.684. The van der Waals surface area contributed by atoms with E-state index in [2.05, 4.69) is 4.74 Å². The van der Waals surface area contributed by atoms with Crippen molar-refractivity contribution in [2.24, 2.45) is 5.92 Å². The third kappa shape index (κ3) is 4.24. The van der Waals surface area contributed by atoms with Crippen molar-refractivity contribution in [2.75, 3.05) is 33.5 Å². The van der Waals surface area contributed by atoms with Crippen LogP contribution in [0.5, 0.6) is 0 Å². The zero-order valence-corrected chi connectivity index (χ0v) is 14.4. The molecule has 0 amide bonds. The lowest BCUT2D eigenvalue weighted by atomic mass is 9.52. The number of methoxy groups -OCH3 is 1. The summed E-state index contributed by atoms with van der Waals surface area (Å²) in [6.45, 7) is 2.05. The van der Waals surface area contributed by atoms with E-state index in [-0.39, 0.29) is 18.7 Å². The number of hydrogen-bond donors (Lipinski definition) is 1. The lowest BCUT2D eigenvalue weighted by Crippen LogP contribution is -2.66. The molecule has 0 aromatic heterocycles. The highest BCUT2D eigenvalue weighted by atomic mass is 19.4. The summed E-state index contributed by atoms with van der Waals surface area (Å²) in [6.07, 6.45) is -4.07.